The van der Waals surface area contributed by atoms with Crippen LogP contribution in [-0.4, -0.2) is 45.6 Å². The van der Waals surface area contributed by atoms with Gasteiger partial charge in [0.2, 0.25) is 17.1 Å². The van der Waals surface area contributed by atoms with Crippen molar-refractivity contribution < 1.29 is 0 Å². The molecule has 0 saturated carbocycles. The maximum absolute atomic E-state index is 4.38. The Balaban J connectivity index is 2.27. The first kappa shape index (κ1) is 14.4. The van der Waals surface area contributed by atoms with E-state index in [4.69, 9.17) is 0 Å². The summed E-state index contributed by atoms with van der Waals surface area (Å²) >= 11 is 1.32. The molecule has 0 aliphatic carbocycles. The first-order valence-electron chi connectivity index (χ1n) is 6.22. The smallest absolute Gasteiger partial charge is 0.230 e. The Hall–Kier alpha value is -1.96. The lowest BCUT2D eigenvalue weighted by atomic mass is 10.4. The number of hydrogen-bond acceptors (Lipinski definition) is 8. The molecule has 0 aliphatic heterocycles. The van der Waals surface area contributed by atoms with E-state index >= 15 is 0 Å². The summed E-state index contributed by atoms with van der Waals surface area (Å²) in [5.74, 6) is 1.16. The molecular weight excluding hydrogens is 274 g/mol. The SMILES string of the molecule is CCNc1nc(Sc2ncc(C)cn2)nc(N(C)C)n1. The molecule has 20 heavy (non-hydrogen) atoms. The second-order valence-corrected chi connectivity index (χ2v) is 5.25. The Kier molecular flexibility index (Phi) is 4.67. The van der Waals surface area contributed by atoms with Crippen LogP contribution in [0.2, 0.25) is 0 Å². The maximum Gasteiger partial charge on any atom is 0.230 e. The molecule has 0 aliphatic rings. The van der Waals surface area contributed by atoms with Crippen LogP contribution in [0.25, 0.3) is 0 Å². The zero-order chi connectivity index (χ0) is 14.5. The fourth-order valence-electron chi connectivity index (χ4n) is 1.34. The highest BCUT2D eigenvalue weighted by atomic mass is 32.2. The molecule has 2 rings (SSSR count). The normalized spacial score (nSPS) is 10.4. The first-order chi connectivity index (χ1) is 9.58. The number of aromatic nitrogens is 5. The van der Waals surface area contributed by atoms with Crippen molar-refractivity contribution in [2.24, 2.45) is 0 Å². The van der Waals surface area contributed by atoms with E-state index in [9.17, 15) is 0 Å². The zero-order valence-corrected chi connectivity index (χ0v) is 12.8. The van der Waals surface area contributed by atoms with Crippen LogP contribution in [0.3, 0.4) is 0 Å². The Morgan fingerprint density at radius 3 is 2.40 bits per heavy atom. The van der Waals surface area contributed by atoms with Crippen molar-refractivity contribution in [1.29, 1.82) is 0 Å². The summed E-state index contributed by atoms with van der Waals surface area (Å²) in [5.41, 5.74) is 1.02. The Morgan fingerprint density at radius 1 is 1.10 bits per heavy atom. The van der Waals surface area contributed by atoms with Gasteiger partial charge in [-0.1, -0.05) is 0 Å². The zero-order valence-electron chi connectivity index (χ0n) is 12.0. The summed E-state index contributed by atoms with van der Waals surface area (Å²) in [6, 6.07) is 0. The van der Waals surface area contributed by atoms with E-state index in [1.54, 1.807) is 12.4 Å². The number of nitrogens with zero attached hydrogens (tertiary/aromatic N) is 6. The number of rotatable bonds is 5. The predicted molar refractivity (Wildman–Crippen MR) is 79.2 cm³/mol. The minimum atomic E-state index is 0.556. The second kappa shape index (κ2) is 6.47. The summed E-state index contributed by atoms with van der Waals surface area (Å²) in [7, 11) is 3.78. The van der Waals surface area contributed by atoms with E-state index in [-0.39, 0.29) is 0 Å². The third-order valence-corrected chi connectivity index (χ3v) is 3.04. The summed E-state index contributed by atoms with van der Waals surface area (Å²) in [6.45, 7) is 4.70. The lowest BCUT2D eigenvalue weighted by Gasteiger charge is -2.12. The number of hydrogen-bond donors (Lipinski definition) is 1. The van der Waals surface area contributed by atoms with Crippen molar-refractivity contribution in [2.75, 3.05) is 30.9 Å². The highest BCUT2D eigenvalue weighted by Crippen LogP contribution is 2.22. The van der Waals surface area contributed by atoms with E-state index in [2.05, 4.69) is 30.2 Å². The summed E-state index contributed by atoms with van der Waals surface area (Å²) in [4.78, 5) is 23.4. The summed E-state index contributed by atoms with van der Waals surface area (Å²) in [6.07, 6.45) is 3.54. The largest absolute Gasteiger partial charge is 0.354 e. The van der Waals surface area contributed by atoms with Crippen LogP contribution in [0.1, 0.15) is 12.5 Å². The molecular formula is C12H17N7S. The first-order valence-corrected chi connectivity index (χ1v) is 7.04. The molecule has 7 nitrogen and oxygen atoms in total. The van der Waals surface area contributed by atoms with Gasteiger partial charge < -0.3 is 10.2 Å². The van der Waals surface area contributed by atoms with Gasteiger partial charge in [0.05, 0.1) is 0 Å². The molecule has 106 valence electrons. The molecule has 0 saturated heterocycles. The highest BCUT2D eigenvalue weighted by molar-refractivity contribution is 7.99. The third kappa shape index (κ3) is 3.77. The molecule has 0 fully saturated rings. The number of anilines is 2. The molecule has 2 aromatic rings. The summed E-state index contributed by atoms with van der Waals surface area (Å²) < 4.78 is 0. The monoisotopic (exact) mass is 291 g/mol. The topological polar surface area (TPSA) is 79.7 Å². The van der Waals surface area contributed by atoms with E-state index in [0.717, 1.165) is 12.1 Å². The molecule has 0 spiro atoms. The van der Waals surface area contributed by atoms with Gasteiger partial charge in [-0.15, -0.1) is 0 Å². The molecule has 0 bridgehead atoms. The van der Waals surface area contributed by atoms with E-state index in [1.165, 1.54) is 11.8 Å². The van der Waals surface area contributed by atoms with E-state index in [1.807, 2.05) is 32.8 Å². The second-order valence-electron chi connectivity index (χ2n) is 4.31. The van der Waals surface area contributed by atoms with Gasteiger partial charge in [0.15, 0.2) is 5.16 Å². The van der Waals surface area contributed by atoms with Gasteiger partial charge in [0.1, 0.15) is 0 Å². The van der Waals surface area contributed by atoms with Gasteiger partial charge in [0, 0.05) is 33.0 Å². The van der Waals surface area contributed by atoms with Crippen LogP contribution in [0.15, 0.2) is 22.7 Å². The van der Waals surface area contributed by atoms with Crippen molar-refractivity contribution in [3.63, 3.8) is 0 Å². The van der Waals surface area contributed by atoms with Crippen molar-refractivity contribution in [1.82, 2.24) is 24.9 Å². The molecule has 0 amide bonds. The number of nitrogens with one attached hydrogen (secondary N) is 1. The predicted octanol–water partition coefficient (Wildman–Crippen LogP) is 1.62. The average molecular weight is 291 g/mol. The van der Waals surface area contributed by atoms with Crippen molar-refractivity contribution in [3.05, 3.63) is 18.0 Å². The summed E-state index contributed by atoms with van der Waals surface area (Å²) in [5, 5.41) is 4.29. The van der Waals surface area contributed by atoms with Crippen molar-refractivity contribution in [3.8, 4) is 0 Å². The van der Waals surface area contributed by atoms with Gasteiger partial charge in [0.25, 0.3) is 0 Å². The van der Waals surface area contributed by atoms with Crippen molar-refractivity contribution >= 4 is 23.7 Å². The fourth-order valence-corrected chi connectivity index (χ4v) is 1.98. The average Bonchev–Trinajstić information content (AvgIpc) is 2.41. The van der Waals surface area contributed by atoms with Crippen LogP contribution in [0.5, 0.6) is 0 Å². The van der Waals surface area contributed by atoms with Gasteiger partial charge in [-0.2, -0.15) is 15.0 Å². The molecule has 0 aromatic carbocycles. The lowest BCUT2D eigenvalue weighted by Crippen LogP contribution is -2.15. The van der Waals surface area contributed by atoms with Gasteiger partial charge >= 0.3 is 0 Å². The van der Waals surface area contributed by atoms with Crippen LogP contribution < -0.4 is 10.2 Å². The van der Waals surface area contributed by atoms with E-state index < -0.39 is 0 Å². The van der Waals surface area contributed by atoms with Gasteiger partial charge in [-0.3, -0.25) is 0 Å². The third-order valence-electron chi connectivity index (χ3n) is 2.28. The minimum Gasteiger partial charge on any atom is -0.354 e. The molecule has 8 heteroatoms. The fraction of sp³-hybridized carbons (Fsp3) is 0.417. The van der Waals surface area contributed by atoms with Gasteiger partial charge in [-0.05, 0) is 31.2 Å². The lowest BCUT2D eigenvalue weighted by molar-refractivity contribution is 0.855. The molecule has 2 aromatic heterocycles. The molecule has 2 heterocycles. The molecule has 0 unspecified atom stereocenters. The van der Waals surface area contributed by atoms with Crippen molar-refractivity contribution in [2.45, 2.75) is 24.2 Å². The standard InChI is InChI=1S/C12H17N7S/c1-5-13-9-16-10(19(3)4)18-12(17-9)20-11-14-6-8(2)7-15-11/h6-7H,5H2,1-4H3,(H,13,16,17,18). The Labute approximate surface area is 122 Å². The highest BCUT2D eigenvalue weighted by Gasteiger charge is 2.10. The van der Waals surface area contributed by atoms with Crippen LogP contribution in [-0.2, 0) is 0 Å². The molecule has 0 radical (unpaired) electrons. The van der Waals surface area contributed by atoms with Crippen LogP contribution >= 0.6 is 11.8 Å². The van der Waals surface area contributed by atoms with E-state index in [0.29, 0.717) is 22.2 Å². The Bertz CT molecular complexity index is 571. The Morgan fingerprint density at radius 2 is 1.80 bits per heavy atom. The van der Waals surface area contributed by atoms with Crippen LogP contribution in [0, 0.1) is 6.92 Å². The molecule has 0 atom stereocenters. The minimum absolute atomic E-state index is 0.556. The maximum atomic E-state index is 4.38. The quantitative estimate of drug-likeness (QED) is 0.832. The van der Waals surface area contributed by atoms with Crippen LogP contribution in [0.4, 0.5) is 11.9 Å². The molecule has 1 N–H and O–H groups in total. The van der Waals surface area contributed by atoms with Gasteiger partial charge in [-0.25, -0.2) is 9.97 Å². The number of aryl methyl sites for hydroxylation is 1.